The van der Waals surface area contributed by atoms with Crippen molar-refractivity contribution in [3.05, 3.63) is 29.3 Å². The smallest absolute Gasteiger partial charge is 0.231 e. The largest absolute Gasteiger partial charge is 0.381 e. The predicted octanol–water partition coefficient (Wildman–Crippen LogP) is 0.984. The van der Waals surface area contributed by atoms with Crippen LogP contribution >= 0.6 is 0 Å². The third-order valence-electron chi connectivity index (χ3n) is 6.64. The molecule has 1 aliphatic heterocycles. The molecule has 4 rings (SSSR count). The second-order valence-electron chi connectivity index (χ2n) is 7.77. The Morgan fingerprint density at radius 2 is 2.04 bits per heavy atom. The minimum Gasteiger partial charge on any atom is -0.381 e. The van der Waals surface area contributed by atoms with Gasteiger partial charge < -0.3 is 10.5 Å². The molecule has 0 saturated heterocycles. The summed E-state index contributed by atoms with van der Waals surface area (Å²) in [5.41, 5.74) is 8.53. The van der Waals surface area contributed by atoms with E-state index in [1.807, 2.05) is 12.1 Å². The van der Waals surface area contributed by atoms with E-state index in [9.17, 15) is 4.79 Å². The van der Waals surface area contributed by atoms with Gasteiger partial charge in [-0.1, -0.05) is 23.7 Å². The molecule has 1 saturated carbocycles. The summed E-state index contributed by atoms with van der Waals surface area (Å²) in [4.78, 5) is 19.1. The Morgan fingerprint density at radius 1 is 1.32 bits per heavy atom. The lowest BCUT2D eigenvalue weighted by Crippen LogP contribution is -2.55. The Bertz CT molecular complexity index is 755. The van der Waals surface area contributed by atoms with Gasteiger partial charge in [-0.25, -0.2) is 4.99 Å². The number of nitrogens with two attached hydrogens (primary N) is 1. The molecule has 1 fully saturated rings. The molecule has 1 unspecified atom stereocenters. The Labute approximate surface area is 150 Å². The molecule has 1 heterocycles. The molecular formula is C19H24BN3O2. The van der Waals surface area contributed by atoms with E-state index in [2.05, 4.69) is 6.07 Å². The minimum absolute atomic E-state index is 0.0241. The van der Waals surface area contributed by atoms with E-state index in [1.54, 1.807) is 14.2 Å². The first-order chi connectivity index (χ1) is 11.9. The molecule has 2 spiro atoms. The van der Waals surface area contributed by atoms with Crippen molar-refractivity contribution < 1.29 is 9.53 Å². The number of methoxy groups -OCH3 is 1. The fourth-order valence-electron chi connectivity index (χ4n) is 5.14. The van der Waals surface area contributed by atoms with Crippen LogP contribution in [0.25, 0.3) is 0 Å². The van der Waals surface area contributed by atoms with Gasteiger partial charge in [0.2, 0.25) is 5.91 Å². The zero-order chi connectivity index (χ0) is 17.8. The molecule has 5 nitrogen and oxygen atoms in total. The molecule has 1 amide bonds. The maximum Gasteiger partial charge on any atom is 0.231 e. The SMILES string of the molecule is [B]c1ccc2c(c1)C1(CC(=O)N(C)C(N)=N1)C1(CCC(OC)CC1)C2. The highest BCUT2D eigenvalue weighted by Crippen LogP contribution is 2.62. The number of benzene rings is 1. The molecule has 1 aromatic rings. The van der Waals surface area contributed by atoms with Crippen molar-refractivity contribution in [1.29, 1.82) is 0 Å². The lowest BCUT2D eigenvalue weighted by molar-refractivity contribution is -0.131. The summed E-state index contributed by atoms with van der Waals surface area (Å²) >= 11 is 0. The molecule has 1 atom stereocenters. The van der Waals surface area contributed by atoms with Crippen LogP contribution in [0.4, 0.5) is 0 Å². The summed E-state index contributed by atoms with van der Waals surface area (Å²) in [6.07, 6.45) is 5.51. The Balaban J connectivity index is 1.88. The number of hydrogen-bond acceptors (Lipinski definition) is 4. The summed E-state index contributed by atoms with van der Waals surface area (Å²) in [7, 11) is 9.55. The number of guanidine groups is 1. The van der Waals surface area contributed by atoms with Crippen LogP contribution in [0.3, 0.4) is 0 Å². The fraction of sp³-hybridized carbons (Fsp3) is 0.579. The molecule has 2 aliphatic carbocycles. The number of ether oxygens (including phenoxy) is 1. The number of aliphatic imine (C=N–C) groups is 1. The van der Waals surface area contributed by atoms with Gasteiger partial charge in [-0.3, -0.25) is 9.69 Å². The summed E-state index contributed by atoms with van der Waals surface area (Å²) in [6, 6.07) is 6.04. The topological polar surface area (TPSA) is 67.9 Å². The van der Waals surface area contributed by atoms with Crippen LogP contribution in [-0.4, -0.2) is 44.9 Å². The second-order valence-corrected chi connectivity index (χ2v) is 7.77. The highest BCUT2D eigenvalue weighted by atomic mass is 16.5. The first-order valence-corrected chi connectivity index (χ1v) is 8.94. The van der Waals surface area contributed by atoms with Gasteiger partial charge >= 0.3 is 0 Å². The molecule has 6 heteroatoms. The van der Waals surface area contributed by atoms with Crippen LogP contribution in [0.1, 0.15) is 43.2 Å². The van der Waals surface area contributed by atoms with Crippen molar-refractivity contribution in [1.82, 2.24) is 4.90 Å². The van der Waals surface area contributed by atoms with Gasteiger partial charge in [-0.2, -0.15) is 0 Å². The van der Waals surface area contributed by atoms with Crippen molar-refractivity contribution in [2.24, 2.45) is 16.1 Å². The highest BCUT2D eigenvalue weighted by Gasteiger charge is 2.61. The highest BCUT2D eigenvalue weighted by molar-refractivity contribution is 6.32. The van der Waals surface area contributed by atoms with Crippen molar-refractivity contribution in [2.75, 3.05) is 14.2 Å². The van der Waals surface area contributed by atoms with Gasteiger partial charge in [-0.15, -0.1) is 0 Å². The van der Waals surface area contributed by atoms with E-state index in [4.69, 9.17) is 23.3 Å². The van der Waals surface area contributed by atoms with Crippen molar-refractivity contribution in [3.63, 3.8) is 0 Å². The maximum absolute atomic E-state index is 12.7. The number of carbonyl (C=O) groups is 1. The average molecular weight is 337 g/mol. The van der Waals surface area contributed by atoms with Gasteiger partial charge in [0.25, 0.3) is 0 Å². The minimum atomic E-state index is -0.593. The predicted molar refractivity (Wildman–Crippen MR) is 97.9 cm³/mol. The standard InChI is InChI=1S/C19H24BN3O2/c1-23-16(24)11-19(22-17(23)21)15-9-13(20)4-3-12(15)10-18(19)7-5-14(25-2)6-8-18/h3-4,9,14H,5-8,10-11H2,1-2H3,(H2,21,22). The monoisotopic (exact) mass is 337 g/mol. The molecule has 2 radical (unpaired) electrons. The van der Waals surface area contributed by atoms with E-state index in [-0.39, 0.29) is 11.3 Å². The quantitative estimate of drug-likeness (QED) is 0.777. The number of fused-ring (bicyclic) bond motifs is 3. The van der Waals surface area contributed by atoms with E-state index >= 15 is 0 Å². The van der Waals surface area contributed by atoms with Gasteiger partial charge in [0.05, 0.1) is 12.5 Å². The molecule has 3 aliphatic rings. The van der Waals surface area contributed by atoms with Crippen molar-refractivity contribution >= 4 is 25.2 Å². The number of rotatable bonds is 1. The molecular weight excluding hydrogens is 313 g/mol. The van der Waals surface area contributed by atoms with Gasteiger partial charge in [0.15, 0.2) is 5.96 Å². The number of carbonyl (C=O) groups excluding carboxylic acids is 1. The first kappa shape index (κ1) is 16.6. The van der Waals surface area contributed by atoms with Crippen LogP contribution in [0.2, 0.25) is 0 Å². The molecule has 1 aromatic carbocycles. The first-order valence-electron chi connectivity index (χ1n) is 8.94. The average Bonchev–Trinajstić information content (AvgIpc) is 2.83. The summed E-state index contributed by atoms with van der Waals surface area (Å²) in [5, 5.41) is 0. The summed E-state index contributed by atoms with van der Waals surface area (Å²) in [5.74, 6) is 0.329. The van der Waals surface area contributed by atoms with Crippen LogP contribution in [0.5, 0.6) is 0 Å². The van der Waals surface area contributed by atoms with Crippen LogP contribution in [0.15, 0.2) is 23.2 Å². The lowest BCUT2D eigenvalue weighted by atomic mass is 9.60. The fourth-order valence-corrected chi connectivity index (χ4v) is 5.14. The van der Waals surface area contributed by atoms with Gasteiger partial charge in [-0.05, 0) is 43.2 Å². The molecule has 25 heavy (non-hydrogen) atoms. The van der Waals surface area contributed by atoms with Crippen molar-refractivity contribution in [3.8, 4) is 0 Å². The third kappa shape index (κ3) is 2.26. The zero-order valence-electron chi connectivity index (χ0n) is 14.9. The number of amides is 1. The Hall–Kier alpha value is -1.82. The lowest BCUT2D eigenvalue weighted by Gasteiger charge is -2.49. The third-order valence-corrected chi connectivity index (χ3v) is 6.64. The zero-order valence-corrected chi connectivity index (χ0v) is 14.9. The van der Waals surface area contributed by atoms with Crippen LogP contribution in [-0.2, 0) is 21.5 Å². The van der Waals surface area contributed by atoms with Crippen molar-refractivity contribution in [2.45, 2.75) is 50.2 Å². The summed E-state index contributed by atoms with van der Waals surface area (Å²) < 4.78 is 5.57. The second kappa shape index (κ2) is 5.59. The molecule has 0 aromatic heterocycles. The summed E-state index contributed by atoms with van der Waals surface area (Å²) in [6.45, 7) is 0. The molecule has 2 N–H and O–H groups in total. The van der Waals surface area contributed by atoms with E-state index < -0.39 is 5.54 Å². The normalized spacial score (nSPS) is 34.5. The van der Waals surface area contributed by atoms with Crippen LogP contribution < -0.4 is 11.2 Å². The Morgan fingerprint density at radius 3 is 2.68 bits per heavy atom. The number of hydrogen-bond donors (Lipinski definition) is 1. The molecule has 0 bridgehead atoms. The Kier molecular flexibility index (Phi) is 3.72. The van der Waals surface area contributed by atoms with E-state index in [0.29, 0.717) is 23.9 Å². The maximum atomic E-state index is 12.7. The van der Waals surface area contributed by atoms with E-state index in [1.165, 1.54) is 10.5 Å². The van der Waals surface area contributed by atoms with E-state index in [0.717, 1.165) is 37.7 Å². The van der Waals surface area contributed by atoms with Crippen LogP contribution in [0, 0.1) is 5.41 Å². The number of nitrogens with zero attached hydrogens (tertiary/aromatic N) is 2. The van der Waals surface area contributed by atoms with Gasteiger partial charge in [0, 0.05) is 19.6 Å². The van der Waals surface area contributed by atoms with Gasteiger partial charge in [0.1, 0.15) is 13.4 Å². The molecule has 130 valence electrons.